The molecule has 12 heteroatoms. The van der Waals surface area contributed by atoms with Gasteiger partial charge in [0.1, 0.15) is 11.6 Å². The summed E-state index contributed by atoms with van der Waals surface area (Å²) in [6.45, 7) is 3.29. The highest BCUT2D eigenvalue weighted by Gasteiger charge is 2.33. The molecule has 1 aliphatic rings. The number of alkyl halides is 3. The van der Waals surface area contributed by atoms with E-state index in [2.05, 4.69) is 14.6 Å². The molecule has 33 heavy (non-hydrogen) atoms. The van der Waals surface area contributed by atoms with Crippen LogP contribution in [0.3, 0.4) is 0 Å². The lowest BCUT2D eigenvalue weighted by Crippen LogP contribution is -2.47. The first-order valence-electron chi connectivity index (χ1n) is 9.83. The highest BCUT2D eigenvalue weighted by atomic mass is 35.5. The Kier molecular flexibility index (Phi) is 6.47. The first-order valence-corrected chi connectivity index (χ1v) is 11.4. The molecule has 1 N–H and O–H groups in total. The van der Waals surface area contributed by atoms with Crippen molar-refractivity contribution in [3.05, 3.63) is 58.0 Å². The Bertz CT molecular complexity index is 1210. The molecule has 0 bridgehead atoms. The summed E-state index contributed by atoms with van der Waals surface area (Å²) in [6.07, 6.45) is -3.12. The van der Waals surface area contributed by atoms with Crippen LogP contribution in [0.15, 0.2) is 30.3 Å². The number of amides is 1. The number of carbonyl (C=O) groups excluding carboxylic acids is 1. The van der Waals surface area contributed by atoms with Crippen molar-refractivity contribution in [1.29, 1.82) is 0 Å². The minimum absolute atomic E-state index is 0.0449. The van der Waals surface area contributed by atoms with E-state index < -0.39 is 18.1 Å². The van der Waals surface area contributed by atoms with Gasteiger partial charge in [-0.05, 0) is 36.8 Å². The van der Waals surface area contributed by atoms with Crippen molar-refractivity contribution in [2.75, 3.05) is 19.3 Å². The normalized spacial score (nSPS) is 15.0. The van der Waals surface area contributed by atoms with E-state index >= 15 is 0 Å². The minimum Gasteiger partial charge on any atom is -0.406 e. The smallest absolute Gasteiger partial charge is 0.406 e. The molecule has 3 aromatic rings. The third-order valence-electron chi connectivity index (χ3n) is 5.27. The van der Waals surface area contributed by atoms with E-state index in [-0.39, 0.29) is 22.4 Å². The lowest BCUT2D eigenvalue weighted by atomic mass is 10.1. The van der Waals surface area contributed by atoms with Gasteiger partial charge in [-0.15, -0.1) is 13.2 Å². The monoisotopic (exact) mass is 502 g/mol. The Balaban J connectivity index is 1.49. The molecule has 6 nitrogen and oxygen atoms in total. The molecule has 1 saturated heterocycles. The second kappa shape index (κ2) is 9.03. The molecular weight excluding hydrogens is 484 g/mol. The van der Waals surface area contributed by atoms with Crippen LogP contribution in [-0.2, 0) is 6.54 Å². The summed E-state index contributed by atoms with van der Waals surface area (Å²) in [5, 5.41) is 5.36. The standard InChI is InChI=1S/C21H19ClF4N4O2S/c1-11-16-6-17(20(31)28-33-2)18(23)7-19(16)30(27-11)14-9-29(10-14)8-12-3-13(22)5-15(4-12)32-21(24,25)26/h3-7,14H,8-10H2,1-2H3,(H,28,31). The number of rotatable bonds is 6. The largest absolute Gasteiger partial charge is 0.573 e. The van der Waals surface area contributed by atoms with Crippen LogP contribution in [0.2, 0.25) is 5.02 Å². The maximum Gasteiger partial charge on any atom is 0.573 e. The van der Waals surface area contributed by atoms with Gasteiger partial charge in [-0.1, -0.05) is 23.5 Å². The molecule has 0 saturated carbocycles. The highest BCUT2D eigenvalue weighted by Crippen LogP contribution is 2.32. The zero-order chi connectivity index (χ0) is 23.9. The van der Waals surface area contributed by atoms with Crippen LogP contribution < -0.4 is 9.46 Å². The van der Waals surface area contributed by atoms with E-state index in [1.807, 2.05) is 4.90 Å². The predicted octanol–water partition coefficient (Wildman–Crippen LogP) is 5.10. The van der Waals surface area contributed by atoms with E-state index in [0.29, 0.717) is 41.8 Å². The van der Waals surface area contributed by atoms with E-state index in [4.69, 9.17) is 11.6 Å². The molecule has 0 spiro atoms. The van der Waals surface area contributed by atoms with Gasteiger partial charge in [0.15, 0.2) is 0 Å². The third-order valence-corrected chi connectivity index (χ3v) is 5.88. The lowest BCUT2D eigenvalue weighted by molar-refractivity contribution is -0.274. The summed E-state index contributed by atoms with van der Waals surface area (Å²) in [4.78, 5) is 14.1. The van der Waals surface area contributed by atoms with Crippen LogP contribution in [0.5, 0.6) is 5.75 Å². The van der Waals surface area contributed by atoms with Gasteiger partial charge >= 0.3 is 6.36 Å². The fraction of sp³-hybridized carbons (Fsp3) is 0.333. The highest BCUT2D eigenvalue weighted by molar-refractivity contribution is 7.97. The Morgan fingerprint density at radius 1 is 1.27 bits per heavy atom. The molecule has 1 aromatic heterocycles. The Morgan fingerprint density at radius 3 is 2.67 bits per heavy atom. The van der Waals surface area contributed by atoms with Gasteiger partial charge in [0.25, 0.3) is 5.91 Å². The molecule has 2 heterocycles. The Morgan fingerprint density at radius 2 is 2.00 bits per heavy atom. The van der Waals surface area contributed by atoms with Gasteiger partial charge in [-0.3, -0.25) is 19.1 Å². The summed E-state index contributed by atoms with van der Waals surface area (Å²) in [5.74, 6) is -1.52. The van der Waals surface area contributed by atoms with Gasteiger partial charge in [-0.2, -0.15) is 5.10 Å². The minimum atomic E-state index is -4.80. The van der Waals surface area contributed by atoms with E-state index in [1.54, 1.807) is 23.9 Å². The zero-order valence-corrected chi connectivity index (χ0v) is 19.1. The number of likely N-dealkylation sites (tertiary alicyclic amines) is 1. The van der Waals surface area contributed by atoms with Crippen molar-refractivity contribution in [1.82, 2.24) is 19.4 Å². The number of carbonyl (C=O) groups is 1. The molecule has 1 aliphatic heterocycles. The van der Waals surface area contributed by atoms with Crippen LogP contribution in [0.25, 0.3) is 10.9 Å². The number of ether oxygens (including phenoxy) is 1. The fourth-order valence-corrected chi connectivity index (χ4v) is 4.44. The van der Waals surface area contributed by atoms with E-state index in [9.17, 15) is 22.4 Å². The van der Waals surface area contributed by atoms with Crippen LogP contribution >= 0.6 is 23.5 Å². The molecule has 0 atom stereocenters. The topological polar surface area (TPSA) is 59.4 Å². The molecule has 176 valence electrons. The number of fused-ring (bicyclic) bond motifs is 1. The molecule has 4 rings (SSSR count). The Labute approximate surface area is 195 Å². The second-order valence-corrected chi connectivity index (χ2v) is 8.75. The first kappa shape index (κ1) is 23.7. The SMILES string of the molecule is CSNC(=O)c1cc2c(C)nn(C3CN(Cc4cc(Cl)cc(OC(F)(F)F)c4)C3)c2cc1F. The molecule has 1 fully saturated rings. The lowest BCUT2D eigenvalue weighted by Gasteiger charge is -2.39. The van der Waals surface area contributed by atoms with Gasteiger partial charge in [0.2, 0.25) is 0 Å². The summed E-state index contributed by atoms with van der Waals surface area (Å²) in [7, 11) is 0. The number of hydrogen-bond donors (Lipinski definition) is 1. The van der Waals surface area contributed by atoms with Crippen LogP contribution in [0.4, 0.5) is 17.6 Å². The van der Waals surface area contributed by atoms with Gasteiger partial charge in [0.05, 0.1) is 22.8 Å². The summed E-state index contributed by atoms with van der Waals surface area (Å²) < 4.78 is 60.4. The predicted molar refractivity (Wildman–Crippen MR) is 118 cm³/mol. The van der Waals surface area contributed by atoms with Crippen LogP contribution in [0.1, 0.15) is 27.7 Å². The molecule has 1 amide bonds. The van der Waals surface area contributed by atoms with E-state index in [0.717, 1.165) is 18.0 Å². The summed E-state index contributed by atoms with van der Waals surface area (Å²) in [5.41, 5.74) is 1.79. The molecular formula is C21H19ClF4N4O2S. The Hall–Kier alpha value is -2.50. The maximum absolute atomic E-state index is 14.6. The number of aryl methyl sites for hydroxylation is 1. The molecule has 2 aromatic carbocycles. The van der Waals surface area contributed by atoms with Crippen LogP contribution in [0, 0.1) is 12.7 Å². The maximum atomic E-state index is 14.6. The van der Waals surface area contributed by atoms with Crippen molar-refractivity contribution in [2.45, 2.75) is 25.9 Å². The third kappa shape index (κ3) is 5.20. The number of nitrogens with one attached hydrogen (secondary N) is 1. The number of hydrogen-bond acceptors (Lipinski definition) is 5. The zero-order valence-electron chi connectivity index (χ0n) is 17.5. The number of halogens is 5. The van der Waals surface area contributed by atoms with Crippen molar-refractivity contribution in [3.63, 3.8) is 0 Å². The average molecular weight is 503 g/mol. The number of benzene rings is 2. The van der Waals surface area contributed by atoms with Crippen molar-refractivity contribution < 1.29 is 27.1 Å². The number of nitrogens with zero attached hydrogens (tertiary/aromatic N) is 3. The quantitative estimate of drug-likeness (QED) is 0.375. The summed E-state index contributed by atoms with van der Waals surface area (Å²) >= 11 is 7.03. The average Bonchev–Trinajstić information content (AvgIpc) is 2.97. The van der Waals surface area contributed by atoms with E-state index in [1.165, 1.54) is 18.2 Å². The van der Waals surface area contributed by atoms with Crippen molar-refractivity contribution in [2.24, 2.45) is 0 Å². The van der Waals surface area contributed by atoms with Gasteiger partial charge < -0.3 is 4.74 Å². The first-order chi connectivity index (χ1) is 15.5. The molecule has 0 radical (unpaired) electrons. The van der Waals surface area contributed by atoms with Crippen LogP contribution in [-0.4, -0.2) is 46.3 Å². The fourth-order valence-electron chi connectivity index (χ4n) is 3.90. The van der Waals surface area contributed by atoms with Gasteiger partial charge in [-0.25, -0.2) is 4.39 Å². The van der Waals surface area contributed by atoms with Gasteiger partial charge in [0, 0.05) is 42.4 Å². The molecule has 0 unspecified atom stereocenters. The number of aromatic nitrogens is 2. The van der Waals surface area contributed by atoms with Crippen molar-refractivity contribution in [3.8, 4) is 5.75 Å². The molecule has 0 aliphatic carbocycles. The summed E-state index contributed by atoms with van der Waals surface area (Å²) in [6, 6.07) is 6.76. The van der Waals surface area contributed by atoms with Crippen molar-refractivity contribution >= 4 is 40.4 Å². The second-order valence-electron chi connectivity index (χ2n) is 7.71.